The quantitative estimate of drug-likeness (QED) is 0.356. The monoisotopic (exact) mass is 486 g/mol. The standard InChI is InChI=1S/C29H30N2O5/c32-23-17-26(33)28-27(18-23)36-20-25(29(28)34)22-7-9-24(10-8-22)35-16-4-11-30-12-14-31(15-13-30)19-21-5-2-1-3-6-21/h1-3,5-10,17-18,20,32-33H,4,11-16,19H2. The summed E-state index contributed by atoms with van der Waals surface area (Å²) >= 11 is 0. The van der Waals surface area contributed by atoms with Gasteiger partial charge in [0, 0.05) is 51.4 Å². The molecule has 0 unspecified atom stereocenters. The number of fused-ring (bicyclic) bond motifs is 1. The van der Waals surface area contributed by atoms with Crippen LogP contribution in [0.2, 0.25) is 0 Å². The van der Waals surface area contributed by atoms with E-state index < -0.39 is 0 Å². The van der Waals surface area contributed by atoms with Gasteiger partial charge in [-0.05, 0) is 29.7 Å². The molecule has 5 rings (SSSR count). The van der Waals surface area contributed by atoms with E-state index in [0.29, 0.717) is 17.7 Å². The molecule has 1 aliphatic heterocycles. The Hall–Kier alpha value is -3.81. The van der Waals surface area contributed by atoms with E-state index in [1.807, 2.05) is 12.1 Å². The molecule has 0 atom stereocenters. The number of hydrogen-bond acceptors (Lipinski definition) is 7. The van der Waals surface area contributed by atoms with Crippen LogP contribution < -0.4 is 10.2 Å². The van der Waals surface area contributed by atoms with Gasteiger partial charge in [-0.2, -0.15) is 0 Å². The number of piperazine rings is 1. The highest BCUT2D eigenvalue weighted by Gasteiger charge is 2.17. The van der Waals surface area contributed by atoms with Crippen molar-refractivity contribution in [2.75, 3.05) is 39.3 Å². The van der Waals surface area contributed by atoms with Crippen molar-refractivity contribution in [2.24, 2.45) is 0 Å². The molecule has 2 N–H and O–H groups in total. The van der Waals surface area contributed by atoms with Gasteiger partial charge in [0.15, 0.2) is 0 Å². The molecule has 3 aromatic carbocycles. The third-order valence-electron chi connectivity index (χ3n) is 6.61. The summed E-state index contributed by atoms with van der Waals surface area (Å²) in [6, 6.07) is 20.3. The van der Waals surface area contributed by atoms with Gasteiger partial charge in [0.1, 0.15) is 34.5 Å². The molecule has 186 valence electrons. The summed E-state index contributed by atoms with van der Waals surface area (Å²) in [6.45, 7) is 6.96. The van der Waals surface area contributed by atoms with Crippen LogP contribution in [0.1, 0.15) is 12.0 Å². The van der Waals surface area contributed by atoms with Crippen molar-refractivity contribution in [3.05, 3.63) is 88.8 Å². The first kappa shape index (κ1) is 23.9. The van der Waals surface area contributed by atoms with Gasteiger partial charge in [-0.25, -0.2) is 0 Å². The Morgan fingerprint density at radius 3 is 2.36 bits per heavy atom. The van der Waals surface area contributed by atoms with Crippen LogP contribution in [-0.2, 0) is 6.54 Å². The molecule has 0 saturated carbocycles. The highest BCUT2D eigenvalue weighted by Crippen LogP contribution is 2.30. The van der Waals surface area contributed by atoms with Crippen molar-refractivity contribution < 1.29 is 19.4 Å². The van der Waals surface area contributed by atoms with Crippen LogP contribution in [0.15, 0.2) is 82.2 Å². The van der Waals surface area contributed by atoms with E-state index in [4.69, 9.17) is 9.15 Å². The molecule has 1 aliphatic rings. The van der Waals surface area contributed by atoms with E-state index in [9.17, 15) is 15.0 Å². The first-order chi connectivity index (χ1) is 17.6. The second-order valence-corrected chi connectivity index (χ2v) is 9.15. The molecule has 0 amide bonds. The molecule has 0 bridgehead atoms. The van der Waals surface area contributed by atoms with Crippen LogP contribution in [0.4, 0.5) is 0 Å². The predicted molar refractivity (Wildman–Crippen MR) is 140 cm³/mol. The number of nitrogens with zero attached hydrogens (tertiary/aromatic N) is 2. The molecule has 7 heteroatoms. The van der Waals surface area contributed by atoms with Crippen LogP contribution in [0.25, 0.3) is 22.1 Å². The topological polar surface area (TPSA) is 86.4 Å². The Morgan fingerprint density at radius 2 is 1.61 bits per heavy atom. The second-order valence-electron chi connectivity index (χ2n) is 9.15. The van der Waals surface area contributed by atoms with Crippen molar-refractivity contribution in [2.45, 2.75) is 13.0 Å². The lowest BCUT2D eigenvalue weighted by molar-refractivity contribution is 0.121. The van der Waals surface area contributed by atoms with Crippen LogP contribution in [-0.4, -0.2) is 59.3 Å². The van der Waals surface area contributed by atoms with Crippen LogP contribution >= 0.6 is 0 Å². The molecule has 4 aromatic rings. The van der Waals surface area contributed by atoms with E-state index in [-0.39, 0.29) is 27.9 Å². The van der Waals surface area contributed by atoms with E-state index in [1.54, 1.807) is 12.1 Å². The first-order valence-corrected chi connectivity index (χ1v) is 12.3. The Morgan fingerprint density at radius 1 is 0.889 bits per heavy atom. The summed E-state index contributed by atoms with van der Waals surface area (Å²) in [5, 5.41) is 19.7. The number of aromatic hydroxyl groups is 2. The largest absolute Gasteiger partial charge is 0.508 e. The van der Waals surface area contributed by atoms with Crippen molar-refractivity contribution in [1.82, 2.24) is 9.80 Å². The zero-order valence-electron chi connectivity index (χ0n) is 20.1. The zero-order valence-corrected chi connectivity index (χ0v) is 20.1. The summed E-state index contributed by atoms with van der Waals surface area (Å²) in [7, 11) is 0. The molecule has 1 fully saturated rings. The molecular weight excluding hydrogens is 456 g/mol. The van der Waals surface area contributed by atoms with Gasteiger partial charge < -0.3 is 24.3 Å². The molecule has 1 saturated heterocycles. The maximum atomic E-state index is 12.9. The molecule has 2 heterocycles. The number of phenolic OH excluding ortho intramolecular Hbond substituents is 2. The smallest absolute Gasteiger partial charge is 0.204 e. The van der Waals surface area contributed by atoms with Crippen molar-refractivity contribution in [1.29, 1.82) is 0 Å². The Kier molecular flexibility index (Phi) is 7.21. The molecular formula is C29H30N2O5. The number of phenols is 2. The van der Waals surface area contributed by atoms with Gasteiger partial charge in [0.2, 0.25) is 5.43 Å². The molecule has 0 radical (unpaired) electrons. The lowest BCUT2D eigenvalue weighted by Gasteiger charge is -2.34. The molecule has 36 heavy (non-hydrogen) atoms. The summed E-state index contributed by atoms with van der Waals surface area (Å²) in [5.74, 6) is 0.269. The Bertz CT molecular complexity index is 1360. The third kappa shape index (κ3) is 5.53. The number of benzene rings is 3. The average molecular weight is 487 g/mol. The van der Waals surface area contributed by atoms with Crippen molar-refractivity contribution >= 4 is 11.0 Å². The molecule has 7 nitrogen and oxygen atoms in total. The lowest BCUT2D eigenvalue weighted by Crippen LogP contribution is -2.46. The fourth-order valence-electron chi connectivity index (χ4n) is 4.64. The van der Waals surface area contributed by atoms with E-state index in [2.05, 4.69) is 40.1 Å². The maximum Gasteiger partial charge on any atom is 0.204 e. The zero-order chi connectivity index (χ0) is 24.9. The predicted octanol–water partition coefficient (Wildman–Crippen LogP) is 4.46. The minimum absolute atomic E-state index is 0.0477. The Labute approximate surface area is 209 Å². The van der Waals surface area contributed by atoms with Gasteiger partial charge in [0.05, 0.1) is 12.2 Å². The maximum absolute atomic E-state index is 12.9. The summed E-state index contributed by atoms with van der Waals surface area (Å²) < 4.78 is 11.4. The highest BCUT2D eigenvalue weighted by atomic mass is 16.5. The molecule has 0 aliphatic carbocycles. The van der Waals surface area contributed by atoms with Gasteiger partial charge in [-0.15, -0.1) is 0 Å². The van der Waals surface area contributed by atoms with Crippen LogP contribution in [0.5, 0.6) is 17.2 Å². The van der Waals surface area contributed by atoms with Crippen LogP contribution in [0, 0.1) is 0 Å². The normalized spacial score (nSPS) is 14.8. The minimum Gasteiger partial charge on any atom is -0.508 e. The van der Waals surface area contributed by atoms with Gasteiger partial charge in [-0.3, -0.25) is 9.69 Å². The molecule has 1 aromatic heterocycles. The van der Waals surface area contributed by atoms with Crippen molar-refractivity contribution in [3.63, 3.8) is 0 Å². The third-order valence-corrected chi connectivity index (χ3v) is 6.61. The summed E-state index contributed by atoms with van der Waals surface area (Å²) in [4.78, 5) is 17.9. The SMILES string of the molecule is O=c1c(-c2ccc(OCCCN3CCN(Cc4ccccc4)CC3)cc2)coc2cc(O)cc(O)c12. The van der Waals surface area contributed by atoms with Crippen molar-refractivity contribution in [3.8, 4) is 28.4 Å². The Balaban J connectivity index is 1.09. The second kappa shape index (κ2) is 10.8. The van der Waals surface area contributed by atoms with E-state index in [1.165, 1.54) is 17.9 Å². The van der Waals surface area contributed by atoms with Gasteiger partial charge in [0.25, 0.3) is 0 Å². The fraction of sp³-hybridized carbons (Fsp3) is 0.276. The number of ether oxygens (including phenoxy) is 1. The fourth-order valence-corrected chi connectivity index (χ4v) is 4.64. The summed E-state index contributed by atoms with van der Waals surface area (Å²) in [6.07, 6.45) is 2.29. The summed E-state index contributed by atoms with van der Waals surface area (Å²) in [5.41, 5.74) is 2.15. The van der Waals surface area contributed by atoms with E-state index in [0.717, 1.165) is 57.5 Å². The number of hydrogen-bond donors (Lipinski definition) is 2. The lowest BCUT2D eigenvalue weighted by atomic mass is 10.0. The average Bonchev–Trinajstić information content (AvgIpc) is 2.88. The highest BCUT2D eigenvalue weighted by molar-refractivity contribution is 5.88. The van der Waals surface area contributed by atoms with Gasteiger partial charge in [-0.1, -0.05) is 42.5 Å². The first-order valence-electron chi connectivity index (χ1n) is 12.3. The minimum atomic E-state index is -0.355. The van der Waals surface area contributed by atoms with Crippen LogP contribution in [0.3, 0.4) is 0 Å². The number of rotatable bonds is 8. The van der Waals surface area contributed by atoms with E-state index >= 15 is 0 Å². The molecule has 0 spiro atoms. The van der Waals surface area contributed by atoms with Gasteiger partial charge >= 0.3 is 0 Å².